The molecule has 0 aliphatic carbocycles. The lowest BCUT2D eigenvalue weighted by Crippen LogP contribution is -2.61. The van der Waals surface area contributed by atoms with Crippen LogP contribution in [0.25, 0.3) is 0 Å². The van der Waals surface area contributed by atoms with E-state index in [1.807, 2.05) is 4.90 Å². The standard InChI is InChI=1S/C20H31NO7/c1-5-14(11(2)10-21(3)4)12-7-6-8-13(9-12)27-20-17(24)15(22)16(23)18(28-20)19(25)26/h6-9,11,14-18,20,22-24H,5,10H2,1-4H3,(H,25,26)/t11-,14+,15-,16-,17+,18-,20+/m0/s1/i1D3,5D2. The molecule has 0 saturated carbocycles. The SMILES string of the molecule is [2H]C([2H])([2H])C([2H])([2H])[C@@H](c1cccc(O[C@@H]2O[C@H](C(=O)O)[C@@H](O)[C@H](O)[C@H]2O)c1)[C@@H](C)CN(C)C. The third-order valence-corrected chi connectivity index (χ3v) is 4.66. The molecule has 1 fully saturated rings. The van der Waals surface area contributed by atoms with Crippen LogP contribution in [0.3, 0.4) is 0 Å². The van der Waals surface area contributed by atoms with E-state index in [1.54, 1.807) is 27.1 Å². The first-order valence-corrected chi connectivity index (χ1v) is 8.91. The zero-order valence-corrected chi connectivity index (χ0v) is 16.0. The maximum absolute atomic E-state index is 11.3. The lowest BCUT2D eigenvalue weighted by molar-refractivity contribution is -0.271. The predicted molar refractivity (Wildman–Crippen MR) is 102 cm³/mol. The van der Waals surface area contributed by atoms with Gasteiger partial charge in [-0.25, -0.2) is 4.79 Å². The number of carboxylic acid groups (broad SMARTS) is 1. The number of hydrogen-bond acceptors (Lipinski definition) is 7. The van der Waals surface area contributed by atoms with Gasteiger partial charge in [-0.1, -0.05) is 25.9 Å². The van der Waals surface area contributed by atoms with Gasteiger partial charge in [-0.05, 0) is 50.0 Å². The molecule has 1 aliphatic heterocycles. The molecule has 1 aromatic rings. The Hall–Kier alpha value is -1.71. The minimum atomic E-state index is -2.91. The van der Waals surface area contributed by atoms with E-state index >= 15 is 0 Å². The van der Waals surface area contributed by atoms with Gasteiger partial charge >= 0.3 is 5.97 Å². The zero-order valence-electron chi connectivity index (χ0n) is 21.0. The first-order valence-electron chi connectivity index (χ1n) is 11.4. The highest BCUT2D eigenvalue weighted by atomic mass is 16.7. The summed E-state index contributed by atoms with van der Waals surface area (Å²) in [6, 6.07) is 5.89. The van der Waals surface area contributed by atoms with Crippen molar-refractivity contribution >= 4 is 5.97 Å². The minimum absolute atomic E-state index is 0.0349. The van der Waals surface area contributed by atoms with Crippen LogP contribution in [0.15, 0.2) is 24.3 Å². The van der Waals surface area contributed by atoms with Crippen molar-refractivity contribution < 1.29 is 41.5 Å². The first kappa shape index (κ1) is 16.1. The number of ether oxygens (including phenoxy) is 2. The van der Waals surface area contributed by atoms with Gasteiger partial charge in [0.25, 0.3) is 0 Å². The fraction of sp³-hybridized carbons (Fsp3) is 0.650. The van der Waals surface area contributed by atoms with E-state index in [2.05, 4.69) is 0 Å². The highest BCUT2D eigenvalue weighted by Crippen LogP contribution is 2.32. The fourth-order valence-corrected chi connectivity index (χ4v) is 3.30. The lowest BCUT2D eigenvalue weighted by Gasteiger charge is -2.38. The van der Waals surface area contributed by atoms with E-state index in [-0.39, 0.29) is 5.75 Å². The van der Waals surface area contributed by atoms with E-state index in [9.17, 15) is 25.2 Å². The number of carbonyl (C=O) groups is 1. The number of aliphatic hydroxyl groups is 3. The summed E-state index contributed by atoms with van der Waals surface area (Å²) in [7, 11) is 3.58. The third-order valence-electron chi connectivity index (χ3n) is 4.66. The molecule has 1 aromatic carbocycles. The van der Waals surface area contributed by atoms with Crippen molar-refractivity contribution in [1.29, 1.82) is 0 Å². The van der Waals surface area contributed by atoms with Crippen molar-refractivity contribution in [2.75, 3.05) is 20.6 Å². The smallest absolute Gasteiger partial charge is 0.335 e. The van der Waals surface area contributed by atoms with Gasteiger partial charge in [-0.15, -0.1) is 0 Å². The Morgan fingerprint density at radius 1 is 1.32 bits per heavy atom. The molecule has 1 heterocycles. The Morgan fingerprint density at radius 2 is 2.04 bits per heavy atom. The number of aliphatic carboxylic acids is 1. The van der Waals surface area contributed by atoms with Crippen LogP contribution in [0, 0.1) is 5.92 Å². The molecule has 1 saturated heterocycles. The van der Waals surface area contributed by atoms with Crippen LogP contribution in [0.5, 0.6) is 5.75 Å². The lowest BCUT2D eigenvalue weighted by atomic mass is 9.85. The monoisotopic (exact) mass is 402 g/mol. The van der Waals surface area contributed by atoms with Crippen molar-refractivity contribution in [2.24, 2.45) is 5.92 Å². The third kappa shape index (κ3) is 5.21. The Bertz CT molecular complexity index is 822. The van der Waals surface area contributed by atoms with E-state index in [1.165, 1.54) is 18.2 Å². The largest absolute Gasteiger partial charge is 0.479 e. The molecular weight excluding hydrogens is 366 g/mol. The van der Waals surface area contributed by atoms with Gasteiger partial charge in [-0.2, -0.15) is 0 Å². The van der Waals surface area contributed by atoms with Crippen molar-refractivity contribution in [3.63, 3.8) is 0 Å². The van der Waals surface area contributed by atoms with Gasteiger partial charge in [0.1, 0.15) is 24.1 Å². The van der Waals surface area contributed by atoms with E-state index in [4.69, 9.17) is 16.3 Å². The van der Waals surface area contributed by atoms with Gasteiger partial charge in [0.05, 0.1) is 0 Å². The number of hydrogen-bond donors (Lipinski definition) is 4. The van der Waals surface area contributed by atoms with Crippen LogP contribution < -0.4 is 4.74 Å². The van der Waals surface area contributed by atoms with Crippen LogP contribution in [0.1, 0.15) is 38.5 Å². The zero-order chi connectivity index (χ0) is 25.3. The van der Waals surface area contributed by atoms with Crippen LogP contribution in [0.4, 0.5) is 0 Å². The molecule has 7 atom stereocenters. The average molecular weight is 402 g/mol. The molecule has 8 heteroatoms. The molecule has 4 N–H and O–H groups in total. The predicted octanol–water partition coefficient (Wildman–Crippen LogP) is 0.649. The van der Waals surface area contributed by atoms with Crippen molar-refractivity contribution in [1.82, 2.24) is 4.90 Å². The summed E-state index contributed by atoms with van der Waals surface area (Å²) < 4.78 is 50.6. The molecule has 0 amide bonds. The maximum Gasteiger partial charge on any atom is 0.335 e. The van der Waals surface area contributed by atoms with Crippen molar-refractivity contribution in [3.8, 4) is 5.75 Å². The normalized spacial score (nSPS) is 33.7. The fourth-order valence-electron chi connectivity index (χ4n) is 3.30. The molecule has 2 rings (SSSR count). The number of carboxylic acids is 1. The van der Waals surface area contributed by atoms with Crippen LogP contribution in [-0.2, 0) is 9.53 Å². The number of rotatable bonds is 8. The Kier molecular flexibility index (Phi) is 5.57. The van der Waals surface area contributed by atoms with Gasteiger partial charge in [0.15, 0.2) is 6.10 Å². The quantitative estimate of drug-likeness (QED) is 0.500. The molecule has 0 spiro atoms. The Morgan fingerprint density at radius 3 is 2.64 bits per heavy atom. The second-order valence-electron chi connectivity index (χ2n) is 7.29. The molecule has 0 radical (unpaired) electrons. The number of nitrogens with zero attached hydrogens (tertiary/aromatic N) is 1. The summed E-state index contributed by atoms with van der Waals surface area (Å²) in [6.07, 6.45) is -11.5. The molecule has 0 unspecified atom stereocenters. The van der Waals surface area contributed by atoms with Crippen LogP contribution in [-0.4, -0.2) is 82.6 Å². The average Bonchev–Trinajstić information content (AvgIpc) is 2.67. The maximum atomic E-state index is 11.3. The summed E-state index contributed by atoms with van der Waals surface area (Å²) in [6.45, 7) is -0.766. The summed E-state index contributed by atoms with van der Waals surface area (Å²) in [4.78, 5) is 13.1. The first-order chi connectivity index (χ1) is 15.1. The highest BCUT2D eigenvalue weighted by molar-refractivity contribution is 5.73. The highest BCUT2D eigenvalue weighted by Gasteiger charge is 2.48. The minimum Gasteiger partial charge on any atom is -0.479 e. The molecule has 158 valence electrons. The van der Waals surface area contributed by atoms with Crippen molar-refractivity contribution in [2.45, 2.75) is 56.8 Å². The second kappa shape index (κ2) is 9.67. The molecule has 0 aromatic heterocycles. The summed E-state index contributed by atoms with van der Waals surface area (Å²) in [5.41, 5.74) is 0.323. The summed E-state index contributed by atoms with van der Waals surface area (Å²) in [5.74, 6) is -3.00. The Balaban J connectivity index is 2.39. The molecule has 0 bridgehead atoms. The van der Waals surface area contributed by atoms with Crippen LogP contribution in [0.2, 0.25) is 0 Å². The van der Waals surface area contributed by atoms with Crippen LogP contribution >= 0.6 is 0 Å². The second-order valence-corrected chi connectivity index (χ2v) is 7.29. The number of benzene rings is 1. The molecule has 1 aliphatic rings. The summed E-state index contributed by atoms with van der Waals surface area (Å²) in [5, 5.41) is 39.1. The number of aliphatic hydroxyl groups excluding tert-OH is 3. The van der Waals surface area contributed by atoms with Crippen molar-refractivity contribution in [3.05, 3.63) is 29.8 Å². The summed E-state index contributed by atoms with van der Waals surface area (Å²) >= 11 is 0. The van der Waals surface area contributed by atoms with E-state index in [0.29, 0.717) is 12.1 Å². The molecule has 28 heavy (non-hydrogen) atoms. The van der Waals surface area contributed by atoms with E-state index < -0.39 is 61.7 Å². The topological polar surface area (TPSA) is 120 Å². The van der Waals surface area contributed by atoms with Gasteiger partial charge in [0.2, 0.25) is 6.29 Å². The van der Waals surface area contributed by atoms with Gasteiger partial charge in [0, 0.05) is 13.4 Å². The molecule has 8 nitrogen and oxygen atoms in total. The van der Waals surface area contributed by atoms with E-state index in [0.717, 1.165) is 0 Å². The van der Waals surface area contributed by atoms with Gasteiger partial charge in [-0.3, -0.25) is 0 Å². The molecular formula is C20H31NO7. The Labute approximate surface area is 172 Å². The van der Waals surface area contributed by atoms with Gasteiger partial charge < -0.3 is 34.8 Å².